The van der Waals surface area contributed by atoms with Crippen LogP contribution < -0.4 is 28.9 Å². The number of rotatable bonds is 20. The Balaban J connectivity index is 0.00000941. The van der Waals surface area contributed by atoms with Gasteiger partial charge in [-0.15, -0.1) is 22.1 Å². The van der Waals surface area contributed by atoms with Gasteiger partial charge in [-0.25, -0.2) is 9.97 Å². The Morgan fingerprint density at radius 3 is 1.30 bits per heavy atom. The number of unbranched alkanes of at least 4 members (excludes halogenated alkanes) is 12. The molecule has 11 heteroatoms. The molecule has 0 atom stereocenters. The van der Waals surface area contributed by atoms with Crippen LogP contribution in [-0.2, 0) is 41.8 Å². The molecular formula is C78H96N4O6Zn. The number of ether oxygens (including phenoxy) is 6. The van der Waals surface area contributed by atoms with Crippen molar-refractivity contribution in [1.82, 2.24) is 19.9 Å². The third-order valence-corrected chi connectivity index (χ3v) is 18.1. The molecule has 0 N–H and O–H groups in total. The number of allylic oxidation sites excluding steroid dienone is 4. The Kier molecular flexibility index (Phi) is 25.2. The zero-order valence-electron chi connectivity index (χ0n) is 55.0. The van der Waals surface area contributed by atoms with Crippen LogP contribution in [-0.4, -0.2) is 62.8 Å². The minimum Gasteiger partial charge on any atom is -0.657 e. The minimum absolute atomic E-state index is 0. The van der Waals surface area contributed by atoms with Crippen molar-refractivity contribution in [1.29, 1.82) is 0 Å². The molecule has 5 aliphatic heterocycles. The predicted molar refractivity (Wildman–Crippen MR) is 365 cm³/mol. The van der Waals surface area contributed by atoms with Crippen LogP contribution in [0.4, 0.5) is 0 Å². The van der Waals surface area contributed by atoms with E-state index in [0.717, 1.165) is 178 Å². The monoisotopic (exact) mass is 1250 g/mol. The van der Waals surface area contributed by atoms with E-state index < -0.39 is 0 Å². The van der Waals surface area contributed by atoms with Gasteiger partial charge in [0.15, 0.2) is 0 Å². The summed E-state index contributed by atoms with van der Waals surface area (Å²) in [4.78, 5) is 23.6. The van der Waals surface area contributed by atoms with Crippen LogP contribution in [0.2, 0.25) is 0 Å². The van der Waals surface area contributed by atoms with E-state index in [0.29, 0.717) is 52.9 Å². The first-order valence-electron chi connectivity index (χ1n) is 33.7. The summed E-state index contributed by atoms with van der Waals surface area (Å²) in [5.41, 5.74) is 21.8. The summed E-state index contributed by atoms with van der Waals surface area (Å²) in [6.45, 7) is 21.5. The second-order valence-corrected chi connectivity index (χ2v) is 24.3. The average molecular weight is 1250 g/mol. The maximum Gasteiger partial charge on any atom is 2.00 e. The van der Waals surface area contributed by atoms with E-state index in [1.807, 2.05) is 24.3 Å². The van der Waals surface area contributed by atoms with Crippen LogP contribution in [0.5, 0.6) is 23.0 Å². The Labute approximate surface area is 543 Å². The summed E-state index contributed by atoms with van der Waals surface area (Å²) >= 11 is 0. The van der Waals surface area contributed by atoms with Crippen molar-refractivity contribution in [3.05, 3.63) is 142 Å². The van der Waals surface area contributed by atoms with Crippen molar-refractivity contribution >= 4 is 55.1 Å². The van der Waals surface area contributed by atoms with Gasteiger partial charge in [-0.05, 0) is 148 Å². The van der Waals surface area contributed by atoms with E-state index in [2.05, 4.69) is 128 Å². The second kappa shape index (κ2) is 33.5. The zero-order valence-corrected chi connectivity index (χ0v) is 57.9. The molecule has 0 saturated carbocycles. The number of nitrogens with zero attached hydrogens (tertiary/aromatic N) is 4. The molecule has 16 bridgehead atoms. The van der Waals surface area contributed by atoms with Crippen LogP contribution >= 0.6 is 0 Å². The van der Waals surface area contributed by atoms with E-state index in [4.69, 9.17) is 48.4 Å². The molecule has 0 amide bonds. The first-order chi connectivity index (χ1) is 43.2. The molecule has 8 heterocycles. The molecule has 10 nitrogen and oxygen atoms in total. The molecule has 0 aliphatic carbocycles. The predicted octanol–water partition coefficient (Wildman–Crippen LogP) is 20.0. The molecule has 7 aromatic rings. The van der Waals surface area contributed by atoms with E-state index in [-0.39, 0.29) is 19.5 Å². The molecule has 0 spiro atoms. The zero-order chi connectivity index (χ0) is 61.2. The van der Waals surface area contributed by atoms with Gasteiger partial charge in [-0.2, -0.15) is 0 Å². The molecule has 0 fully saturated rings. The molecule has 0 radical (unpaired) electrons. The first kappa shape index (κ1) is 66.9. The standard InChI is InChI=1S/C78H96N4O6.Zn/c1-9-13-17-21-29-59-53(5)75-73-57-39-41-58(42-40-57)85-47-43-83-44-48-86-70-37-27-35-64-63(70)34-28-38-71(64)87-49-45-84-46-50-88-72-36-26-25-33-65(72)74(77-55(7)61(31-23-19-15-11-3)68(81-77)51-66(59)79-75)78-56(8)62(32-24-20-16-12-4)69(82-78)52-67-60(30-22-18-14-10-2)54(6)76(73)80-67;/h25-28,33-42,51-52H,9-24,29-32,43-50H2,1-8H3;/q-2;+2. The maximum atomic E-state index is 6.89. The molecule has 89 heavy (non-hydrogen) atoms. The van der Waals surface area contributed by atoms with E-state index in [9.17, 15) is 0 Å². The van der Waals surface area contributed by atoms with Crippen molar-refractivity contribution < 1.29 is 47.9 Å². The third kappa shape index (κ3) is 16.2. The summed E-state index contributed by atoms with van der Waals surface area (Å²) < 4.78 is 38.3. The molecule has 466 valence electrons. The fourth-order valence-electron chi connectivity index (χ4n) is 13.1. The summed E-state index contributed by atoms with van der Waals surface area (Å²) in [6, 6.07) is 33.9. The molecule has 12 rings (SSSR count). The quantitative estimate of drug-likeness (QED) is 0.0541. The third-order valence-electron chi connectivity index (χ3n) is 18.1. The van der Waals surface area contributed by atoms with Crippen LogP contribution in [0.3, 0.4) is 0 Å². The molecular weight excluding hydrogens is 1150 g/mol. The van der Waals surface area contributed by atoms with Gasteiger partial charge in [0.1, 0.15) is 49.4 Å². The molecule has 4 aromatic carbocycles. The molecule has 0 saturated heterocycles. The van der Waals surface area contributed by atoms with Gasteiger partial charge in [0.05, 0.1) is 49.2 Å². The maximum absolute atomic E-state index is 6.89. The van der Waals surface area contributed by atoms with Gasteiger partial charge in [-0.3, -0.25) is 0 Å². The van der Waals surface area contributed by atoms with Gasteiger partial charge >= 0.3 is 19.5 Å². The van der Waals surface area contributed by atoms with Gasteiger partial charge in [0.2, 0.25) is 0 Å². The number of hydrogen-bond donors (Lipinski definition) is 0. The van der Waals surface area contributed by atoms with Crippen LogP contribution in [0.15, 0.2) is 97.1 Å². The van der Waals surface area contributed by atoms with Gasteiger partial charge in [-0.1, -0.05) is 194 Å². The summed E-state index contributed by atoms with van der Waals surface area (Å²) in [5, 5.41) is 1.96. The normalized spacial score (nSPS) is 14.2. The summed E-state index contributed by atoms with van der Waals surface area (Å²) in [7, 11) is 0. The number of fused-ring (bicyclic) bond motifs is 1. The minimum atomic E-state index is 0. The van der Waals surface area contributed by atoms with Crippen molar-refractivity contribution in [2.24, 2.45) is 0 Å². The Morgan fingerprint density at radius 2 is 0.820 bits per heavy atom. The van der Waals surface area contributed by atoms with Crippen molar-refractivity contribution in [3.8, 4) is 45.3 Å². The fourth-order valence-corrected chi connectivity index (χ4v) is 13.1. The topological polar surface area (TPSA) is 109 Å². The van der Waals surface area contributed by atoms with Gasteiger partial charge in [0.25, 0.3) is 0 Å². The van der Waals surface area contributed by atoms with Gasteiger partial charge < -0.3 is 38.4 Å². The van der Waals surface area contributed by atoms with Gasteiger partial charge in [0, 0.05) is 16.3 Å². The Morgan fingerprint density at radius 1 is 0.404 bits per heavy atom. The fraction of sp³-hybridized carbons (Fsp3) is 0.462. The number of hydrogen-bond acceptors (Lipinski definition) is 8. The Hall–Kier alpha value is -6.52. The largest absolute Gasteiger partial charge is 2.00 e. The van der Waals surface area contributed by atoms with E-state index in [1.54, 1.807) is 0 Å². The number of aryl methyl sites for hydroxylation is 4. The van der Waals surface area contributed by atoms with E-state index in [1.165, 1.54) is 95.9 Å². The molecule has 0 unspecified atom stereocenters. The number of para-hydroxylation sites is 1. The molecule has 3 aromatic heterocycles. The second-order valence-electron chi connectivity index (χ2n) is 24.3. The smallest absolute Gasteiger partial charge is 0.657 e. The van der Waals surface area contributed by atoms with Crippen LogP contribution in [0.1, 0.15) is 202 Å². The number of aromatic nitrogens is 4. The van der Waals surface area contributed by atoms with Crippen LogP contribution in [0, 0.1) is 13.8 Å². The van der Waals surface area contributed by atoms with Crippen LogP contribution in [0.25, 0.3) is 77.4 Å². The van der Waals surface area contributed by atoms with E-state index >= 15 is 0 Å². The van der Waals surface area contributed by atoms with Crippen molar-refractivity contribution in [2.75, 3.05) is 52.9 Å². The van der Waals surface area contributed by atoms with Crippen molar-refractivity contribution in [3.63, 3.8) is 0 Å². The SMILES string of the molecule is CCCCCCC1=C(C)c2nc1cc1[n-]c(c(C)c1CCCCCC)c1c3nc(cc4[n-]c(c(C)c4CCCCCC)c2-c2ccc(cc2)OCCOCCOc2cccc4c(cccc24)OCCOCCOc2ccccc2-1)C(CCCCCC)=C3C.[Zn+2]. The summed E-state index contributed by atoms with van der Waals surface area (Å²) in [6.07, 6.45) is 22.1. The Bertz CT molecular complexity index is 3720. The molecule has 5 aliphatic rings. The first-order valence-corrected chi connectivity index (χ1v) is 33.7. The summed E-state index contributed by atoms with van der Waals surface area (Å²) in [5.74, 6) is 3.11. The number of benzene rings is 4. The average Bonchev–Trinajstić information content (AvgIpc) is 2.68. The van der Waals surface area contributed by atoms with Crippen molar-refractivity contribution in [2.45, 2.75) is 184 Å².